The van der Waals surface area contributed by atoms with Crippen molar-refractivity contribution in [3.8, 4) is 0 Å². The first-order valence-corrected chi connectivity index (χ1v) is 7.31. The highest BCUT2D eigenvalue weighted by Crippen LogP contribution is 2.23. The van der Waals surface area contributed by atoms with Crippen LogP contribution in [0.2, 0.25) is 10.0 Å². The van der Waals surface area contributed by atoms with E-state index in [1.54, 1.807) is 12.1 Å². The molecule has 0 aliphatic heterocycles. The molecule has 0 aliphatic rings. The van der Waals surface area contributed by atoms with Crippen LogP contribution < -0.4 is 5.56 Å². The Balaban J connectivity index is 2.19. The number of hydrogen-bond acceptors (Lipinski definition) is 3. The smallest absolute Gasteiger partial charge is 0.261 e. The fourth-order valence-electron chi connectivity index (χ4n) is 1.87. The number of unbranched alkanes of at least 4 members (excludes halogenated alkanes) is 1. The number of hydrogen-bond donors (Lipinski definition) is 0. The van der Waals surface area contributed by atoms with E-state index in [0.29, 0.717) is 40.7 Å². The lowest BCUT2D eigenvalue weighted by Gasteiger charge is -2.08. The molecule has 0 aliphatic carbocycles. The van der Waals surface area contributed by atoms with Crippen molar-refractivity contribution in [1.82, 2.24) is 9.55 Å². The van der Waals surface area contributed by atoms with Crippen molar-refractivity contribution >= 4 is 34.1 Å². The van der Waals surface area contributed by atoms with Crippen LogP contribution in [-0.2, 0) is 11.3 Å². The number of ether oxygens (including phenoxy) is 1. The van der Waals surface area contributed by atoms with E-state index in [2.05, 4.69) is 11.9 Å². The van der Waals surface area contributed by atoms with Gasteiger partial charge in [0.15, 0.2) is 0 Å². The Labute approximate surface area is 127 Å². The Kier molecular flexibility index (Phi) is 5.40. The van der Waals surface area contributed by atoms with Gasteiger partial charge in [-0.3, -0.25) is 9.36 Å². The van der Waals surface area contributed by atoms with E-state index in [1.807, 2.05) is 0 Å². The second-order valence-electron chi connectivity index (χ2n) is 4.49. The lowest BCUT2D eigenvalue weighted by atomic mass is 10.2. The van der Waals surface area contributed by atoms with Crippen molar-refractivity contribution in [3.05, 3.63) is 38.9 Å². The van der Waals surface area contributed by atoms with E-state index in [0.717, 1.165) is 12.8 Å². The molecule has 0 spiro atoms. The predicted octanol–water partition coefficient (Wildman–Crippen LogP) is 3.52. The minimum atomic E-state index is -0.154. The van der Waals surface area contributed by atoms with Crippen LogP contribution in [0.15, 0.2) is 23.3 Å². The molecule has 0 saturated heterocycles. The second-order valence-corrected chi connectivity index (χ2v) is 5.34. The monoisotopic (exact) mass is 314 g/mol. The molecular weight excluding hydrogens is 299 g/mol. The molecule has 108 valence electrons. The molecule has 0 fully saturated rings. The van der Waals surface area contributed by atoms with Gasteiger partial charge in [0.25, 0.3) is 5.56 Å². The zero-order valence-corrected chi connectivity index (χ0v) is 12.7. The van der Waals surface area contributed by atoms with Crippen molar-refractivity contribution in [1.29, 1.82) is 0 Å². The first kappa shape index (κ1) is 15.3. The molecular formula is C14H16Cl2N2O2. The number of rotatable bonds is 6. The molecule has 0 saturated carbocycles. The number of halogens is 2. The average molecular weight is 315 g/mol. The minimum absolute atomic E-state index is 0.154. The third-order valence-corrected chi connectivity index (χ3v) is 3.47. The molecule has 4 nitrogen and oxygen atoms in total. The number of nitrogens with zero attached hydrogens (tertiary/aromatic N) is 2. The molecule has 1 aromatic heterocycles. The Morgan fingerprint density at radius 3 is 2.85 bits per heavy atom. The third-order valence-electron chi connectivity index (χ3n) is 2.96. The molecule has 0 bridgehead atoms. The van der Waals surface area contributed by atoms with E-state index < -0.39 is 0 Å². The molecule has 0 N–H and O–H groups in total. The van der Waals surface area contributed by atoms with Crippen molar-refractivity contribution in [2.45, 2.75) is 26.3 Å². The molecule has 2 aromatic rings. The summed E-state index contributed by atoms with van der Waals surface area (Å²) in [4.78, 5) is 16.5. The highest BCUT2D eigenvalue weighted by molar-refractivity contribution is 6.38. The maximum Gasteiger partial charge on any atom is 0.261 e. The summed E-state index contributed by atoms with van der Waals surface area (Å²) in [5.41, 5.74) is 0.322. The van der Waals surface area contributed by atoms with Crippen LogP contribution in [0, 0.1) is 0 Å². The van der Waals surface area contributed by atoms with Crippen molar-refractivity contribution in [2.75, 3.05) is 13.2 Å². The van der Waals surface area contributed by atoms with Gasteiger partial charge in [0, 0.05) is 11.6 Å². The summed E-state index contributed by atoms with van der Waals surface area (Å²) >= 11 is 12.0. The Bertz CT molecular complexity index is 655. The van der Waals surface area contributed by atoms with Gasteiger partial charge in [-0.2, -0.15) is 0 Å². The van der Waals surface area contributed by atoms with Crippen molar-refractivity contribution < 1.29 is 4.74 Å². The number of benzene rings is 1. The van der Waals surface area contributed by atoms with Gasteiger partial charge in [-0.1, -0.05) is 36.5 Å². The average Bonchev–Trinajstić information content (AvgIpc) is 2.41. The summed E-state index contributed by atoms with van der Waals surface area (Å²) in [6.07, 6.45) is 3.61. The zero-order valence-electron chi connectivity index (χ0n) is 11.2. The van der Waals surface area contributed by atoms with Crippen LogP contribution in [0.25, 0.3) is 10.9 Å². The van der Waals surface area contributed by atoms with Gasteiger partial charge in [-0.25, -0.2) is 4.98 Å². The molecule has 6 heteroatoms. The topological polar surface area (TPSA) is 44.1 Å². The highest BCUT2D eigenvalue weighted by Gasteiger charge is 2.08. The summed E-state index contributed by atoms with van der Waals surface area (Å²) < 4.78 is 6.97. The van der Waals surface area contributed by atoms with Gasteiger partial charge in [0.1, 0.15) is 0 Å². The van der Waals surface area contributed by atoms with Crippen LogP contribution in [0.1, 0.15) is 19.8 Å². The molecule has 0 unspecified atom stereocenters. The van der Waals surface area contributed by atoms with Gasteiger partial charge < -0.3 is 4.74 Å². The Morgan fingerprint density at radius 2 is 2.10 bits per heavy atom. The summed E-state index contributed by atoms with van der Waals surface area (Å²) in [7, 11) is 0. The quantitative estimate of drug-likeness (QED) is 0.766. The molecule has 0 atom stereocenters. The van der Waals surface area contributed by atoms with E-state index in [-0.39, 0.29) is 5.56 Å². The first-order chi connectivity index (χ1) is 9.63. The molecule has 1 heterocycles. The van der Waals surface area contributed by atoms with Gasteiger partial charge in [-0.15, -0.1) is 0 Å². The summed E-state index contributed by atoms with van der Waals surface area (Å²) in [5, 5.41) is 1.24. The van der Waals surface area contributed by atoms with E-state index >= 15 is 0 Å². The lowest BCUT2D eigenvalue weighted by Crippen LogP contribution is -2.23. The van der Waals surface area contributed by atoms with Crippen LogP contribution in [0.3, 0.4) is 0 Å². The number of aromatic nitrogens is 2. The molecule has 2 rings (SSSR count). The molecule has 0 radical (unpaired) electrons. The summed E-state index contributed by atoms with van der Waals surface area (Å²) in [5.74, 6) is 0. The minimum Gasteiger partial charge on any atom is -0.380 e. The van der Waals surface area contributed by atoms with Crippen molar-refractivity contribution in [2.24, 2.45) is 0 Å². The SMILES string of the molecule is CCCCOCCn1cnc2c(Cl)cc(Cl)cc2c1=O. The highest BCUT2D eigenvalue weighted by atomic mass is 35.5. The van der Waals surface area contributed by atoms with E-state index in [9.17, 15) is 4.79 Å². The fraction of sp³-hybridized carbons (Fsp3) is 0.429. The van der Waals surface area contributed by atoms with Crippen molar-refractivity contribution in [3.63, 3.8) is 0 Å². The fourth-order valence-corrected chi connectivity index (χ4v) is 2.41. The summed E-state index contributed by atoms with van der Waals surface area (Å²) in [6.45, 7) is 3.77. The second kappa shape index (κ2) is 7.07. The predicted molar refractivity (Wildman–Crippen MR) is 81.8 cm³/mol. The van der Waals surface area contributed by atoms with Gasteiger partial charge >= 0.3 is 0 Å². The zero-order chi connectivity index (χ0) is 14.5. The van der Waals surface area contributed by atoms with E-state index in [4.69, 9.17) is 27.9 Å². The lowest BCUT2D eigenvalue weighted by molar-refractivity contribution is 0.122. The standard InChI is InChI=1S/C14H16Cl2N2O2/c1-2-3-5-20-6-4-18-9-17-13-11(14(18)19)7-10(15)8-12(13)16/h7-9H,2-6H2,1H3. The first-order valence-electron chi connectivity index (χ1n) is 6.55. The number of fused-ring (bicyclic) bond motifs is 1. The van der Waals surface area contributed by atoms with Crippen LogP contribution in [0.5, 0.6) is 0 Å². The maximum atomic E-state index is 12.3. The third kappa shape index (κ3) is 3.51. The van der Waals surface area contributed by atoms with Gasteiger partial charge in [0.05, 0.1) is 35.4 Å². The summed E-state index contributed by atoms with van der Waals surface area (Å²) in [6, 6.07) is 3.17. The van der Waals surface area contributed by atoms with Gasteiger partial charge in [-0.05, 0) is 18.6 Å². The van der Waals surface area contributed by atoms with Crippen LogP contribution >= 0.6 is 23.2 Å². The Hall–Kier alpha value is -1.10. The van der Waals surface area contributed by atoms with E-state index in [1.165, 1.54) is 10.9 Å². The van der Waals surface area contributed by atoms with Crippen LogP contribution in [-0.4, -0.2) is 22.8 Å². The molecule has 1 aromatic carbocycles. The Morgan fingerprint density at radius 1 is 1.30 bits per heavy atom. The normalized spacial score (nSPS) is 11.2. The maximum absolute atomic E-state index is 12.3. The van der Waals surface area contributed by atoms with Gasteiger partial charge in [0.2, 0.25) is 0 Å². The molecule has 0 amide bonds. The van der Waals surface area contributed by atoms with Crippen LogP contribution in [0.4, 0.5) is 0 Å². The largest absolute Gasteiger partial charge is 0.380 e. The molecule has 20 heavy (non-hydrogen) atoms.